The largest absolute Gasteiger partial charge is 0.394 e. The molecule has 0 atom stereocenters. The Kier molecular flexibility index (Phi) is 8.21. The van der Waals surface area contributed by atoms with E-state index in [0.29, 0.717) is 13.2 Å². The first-order valence-electron chi connectivity index (χ1n) is 6.50. The summed E-state index contributed by atoms with van der Waals surface area (Å²) in [7, 11) is 2.11. The zero-order valence-electron chi connectivity index (χ0n) is 11.1. The summed E-state index contributed by atoms with van der Waals surface area (Å²) < 4.78 is 5.16. The maximum atomic E-state index is 8.53. The van der Waals surface area contributed by atoms with Crippen molar-refractivity contribution < 1.29 is 9.84 Å². The molecule has 0 aliphatic carbocycles. The number of anilines is 1. The van der Waals surface area contributed by atoms with E-state index in [4.69, 9.17) is 9.84 Å². The summed E-state index contributed by atoms with van der Waals surface area (Å²) in [5.41, 5.74) is 1.25. The molecule has 0 fully saturated rings. The van der Waals surface area contributed by atoms with Crippen LogP contribution in [0, 0.1) is 0 Å². The molecule has 0 spiro atoms. The molecule has 1 rings (SSSR count). The van der Waals surface area contributed by atoms with E-state index in [1.807, 2.05) is 6.07 Å². The zero-order chi connectivity index (χ0) is 13.1. The van der Waals surface area contributed by atoms with Gasteiger partial charge < -0.3 is 20.1 Å². The van der Waals surface area contributed by atoms with E-state index in [2.05, 4.69) is 41.5 Å². The Balaban J connectivity index is 1.98. The molecule has 0 aliphatic rings. The topological polar surface area (TPSA) is 44.7 Å². The van der Waals surface area contributed by atoms with E-state index in [9.17, 15) is 0 Å². The van der Waals surface area contributed by atoms with Gasteiger partial charge in [0.1, 0.15) is 0 Å². The Bertz CT molecular complexity index is 293. The highest BCUT2D eigenvalue weighted by Gasteiger charge is 1.98. The molecule has 0 bridgehead atoms. The first kappa shape index (κ1) is 15.0. The Morgan fingerprint density at radius 2 is 1.94 bits per heavy atom. The molecule has 1 aromatic carbocycles. The first-order chi connectivity index (χ1) is 8.84. The van der Waals surface area contributed by atoms with Crippen molar-refractivity contribution in [3.63, 3.8) is 0 Å². The van der Waals surface area contributed by atoms with Gasteiger partial charge in [-0.1, -0.05) is 18.2 Å². The van der Waals surface area contributed by atoms with Crippen molar-refractivity contribution in [3.8, 4) is 0 Å². The van der Waals surface area contributed by atoms with Crippen molar-refractivity contribution in [3.05, 3.63) is 30.3 Å². The van der Waals surface area contributed by atoms with Crippen LogP contribution in [0.15, 0.2) is 30.3 Å². The van der Waals surface area contributed by atoms with Gasteiger partial charge in [0, 0.05) is 25.8 Å². The number of nitrogens with zero attached hydrogens (tertiary/aromatic N) is 1. The van der Waals surface area contributed by atoms with Gasteiger partial charge in [-0.3, -0.25) is 0 Å². The number of aliphatic hydroxyl groups is 1. The van der Waals surface area contributed by atoms with Gasteiger partial charge in [0.25, 0.3) is 0 Å². The maximum Gasteiger partial charge on any atom is 0.0698 e. The van der Waals surface area contributed by atoms with Crippen molar-refractivity contribution in [2.75, 3.05) is 51.4 Å². The SMILES string of the molecule is CN(CCCNCCOCCO)c1ccccc1. The molecule has 0 aliphatic heterocycles. The minimum absolute atomic E-state index is 0.0991. The van der Waals surface area contributed by atoms with Gasteiger partial charge in [-0.25, -0.2) is 0 Å². The summed E-state index contributed by atoms with van der Waals surface area (Å²) in [5, 5.41) is 11.8. The summed E-state index contributed by atoms with van der Waals surface area (Å²) in [6.45, 7) is 4.05. The van der Waals surface area contributed by atoms with Crippen LogP contribution in [0.2, 0.25) is 0 Å². The highest BCUT2D eigenvalue weighted by atomic mass is 16.5. The number of nitrogens with one attached hydrogen (secondary N) is 1. The Morgan fingerprint density at radius 3 is 2.67 bits per heavy atom. The van der Waals surface area contributed by atoms with Gasteiger partial charge in [-0.05, 0) is 25.1 Å². The average Bonchev–Trinajstić information content (AvgIpc) is 2.42. The third kappa shape index (κ3) is 6.59. The van der Waals surface area contributed by atoms with Crippen molar-refractivity contribution >= 4 is 5.69 Å². The minimum Gasteiger partial charge on any atom is -0.394 e. The predicted octanol–water partition coefficient (Wildman–Crippen LogP) is 1.11. The van der Waals surface area contributed by atoms with E-state index < -0.39 is 0 Å². The quantitative estimate of drug-likeness (QED) is 0.612. The van der Waals surface area contributed by atoms with Crippen LogP contribution in [-0.2, 0) is 4.74 Å². The minimum atomic E-state index is 0.0991. The molecule has 0 unspecified atom stereocenters. The first-order valence-corrected chi connectivity index (χ1v) is 6.50. The predicted molar refractivity (Wildman–Crippen MR) is 75.1 cm³/mol. The van der Waals surface area contributed by atoms with Crippen LogP contribution in [-0.4, -0.2) is 51.6 Å². The fourth-order valence-electron chi connectivity index (χ4n) is 1.69. The van der Waals surface area contributed by atoms with Crippen LogP contribution in [0.3, 0.4) is 0 Å². The molecule has 18 heavy (non-hydrogen) atoms. The third-order valence-electron chi connectivity index (χ3n) is 2.70. The third-order valence-corrected chi connectivity index (χ3v) is 2.70. The average molecular weight is 252 g/mol. The summed E-state index contributed by atoms with van der Waals surface area (Å²) in [6, 6.07) is 10.4. The summed E-state index contributed by atoms with van der Waals surface area (Å²) in [4.78, 5) is 2.25. The van der Waals surface area contributed by atoms with Gasteiger partial charge in [0.15, 0.2) is 0 Å². The molecule has 1 aromatic rings. The number of aliphatic hydroxyl groups excluding tert-OH is 1. The van der Waals surface area contributed by atoms with E-state index in [1.165, 1.54) is 5.69 Å². The molecular formula is C14H24N2O2. The van der Waals surface area contributed by atoms with Crippen molar-refractivity contribution in [1.29, 1.82) is 0 Å². The van der Waals surface area contributed by atoms with Crippen LogP contribution < -0.4 is 10.2 Å². The molecule has 0 aromatic heterocycles. The normalized spacial score (nSPS) is 10.6. The zero-order valence-corrected chi connectivity index (χ0v) is 11.1. The molecule has 0 amide bonds. The summed E-state index contributed by atoms with van der Waals surface area (Å²) in [6.07, 6.45) is 1.10. The van der Waals surface area contributed by atoms with Crippen LogP contribution in [0.25, 0.3) is 0 Å². The highest BCUT2D eigenvalue weighted by Crippen LogP contribution is 2.10. The second kappa shape index (κ2) is 9.88. The molecule has 4 heteroatoms. The van der Waals surface area contributed by atoms with Gasteiger partial charge >= 0.3 is 0 Å². The van der Waals surface area contributed by atoms with Gasteiger partial charge in [-0.2, -0.15) is 0 Å². The van der Waals surface area contributed by atoms with E-state index in [-0.39, 0.29) is 6.61 Å². The fourth-order valence-corrected chi connectivity index (χ4v) is 1.69. The van der Waals surface area contributed by atoms with Gasteiger partial charge in [0.05, 0.1) is 19.8 Å². The van der Waals surface area contributed by atoms with Crippen molar-refractivity contribution in [2.24, 2.45) is 0 Å². The Hall–Kier alpha value is -1.10. The lowest BCUT2D eigenvalue weighted by atomic mass is 10.3. The smallest absolute Gasteiger partial charge is 0.0698 e. The molecule has 0 heterocycles. The number of rotatable bonds is 10. The number of benzene rings is 1. The second-order valence-corrected chi connectivity index (χ2v) is 4.20. The number of ether oxygens (including phenoxy) is 1. The van der Waals surface area contributed by atoms with Crippen molar-refractivity contribution in [2.45, 2.75) is 6.42 Å². The molecule has 2 N–H and O–H groups in total. The molecule has 0 radical (unpaired) electrons. The molecule has 102 valence electrons. The number of hydrogen-bond acceptors (Lipinski definition) is 4. The van der Waals surface area contributed by atoms with Crippen LogP contribution in [0.5, 0.6) is 0 Å². The van der Waals surface area contributed by atoms with Crippen LogP contribution in [0.4, 0.5) is 5.69 Å². The fraction of sp³-hybridized carbons (Fsp3) is 0.571. The van der Waals surface area contributed by atoms with Gasteiger partial charge in [0.2, 0.25) is 0 Å². The van der Waals surface area contributed by atoms with Gasteiger partial charge in [-0.15, -0.1) is 0 Å². The summed E-state index contributed by atoms with van der Waals surface area (Å²) >= 11 is 0. The number of hydrogen-bond donors (Lipinski definition) is 2. The Labute approximate surface area is 110 Å². The molecule has 0 saturated heterocycles. The van der Waals surface area contributed by atoms with Crippen LogP contribution in [0.1, 0.15) is 6.42 Å². The monoisotopic (exact) mass is 252 g/mol. The lowest BCUT2D eigenvalue weighted by Gasteiger charge is -2.19. The van der Waals surface area contributed by atoms with Crippen molar-refractivity contribution in [1.82, 2.24) is 5.32 Å². The lowest BCUT2D eigenvalue weighted by molar-refractivity contribution is 0.0940. The Morgan fingerprint density at radius 1 is 1.17 bits per heavy atom. The van der Waals surface area contributed by atoms with E-state index in [1.54, 1.807) is 0 Å². The molecular weight excluding hydrogens is 228 g/mol. The number of para-hydroxylation sites is 1. The molecule has 4 nitrogen and oxygen atoms in total. The molecule has 0 saturated carbocycles. The standard InChI is InChI=1S/C14H24N2O2/c1-16(14-6-3-2-4-7-14)10-5-8-15-9-12-18-13-11-17/h2-4,6-7,15,17H,5,8-13H2,1H3. The second-order valence-electron chi connectivity index (χ2n) is 4.20. The van der Waals surface area contributed by atoms with E-state index >= 15 is 0 Å². The maximum absolute atomic E-state index is 8.53. The summed E-state index contributed by atoms with van der Waals surface area (Å²) in [5.74, 6) is 0. The highest BCUT2D eigenvalue weighted by molar-refractivity contribution is 5.44. The van der Waals surface area contributed by atoms with E-state index in [0.717, 1.165) is 26.1 Å². The lowest BCUT2D eigenvalue weighted by Crippen LogP contribution is -2.26. The van der Waals surface area contributed by atoms with Crippen LogP contribution >= 0.6 is 0 Å².